The Kier molecular flexibility index (Phi) is 3.79. The second-order valence-electron chi connectivity index (χ2n) is 2.48. The van der Waals surface area contributed by atoms with Gasteiger partial charge in [0.25, 0.3) is 0 Å². The van der Waals surface area contributed by atoms with E-state index in [4.69, 9.17) is 4.74 Å². The van der Waals surface area contributed by atoms with Crippen molar-refractivity contribution in [3.05, 3.63) is 0 Å². The van der Waals surface area contributed by atoms with Crippen molar-refractivity contribution in [2.75, 3.05) is 0 Å². The molecule has 0 heterocycles. The van der Waals surface area contributed by atoms with Crippen LogP contribution >= 0.6 is 0 Å². The van der Waals surface area contributed by atoms with Crippen molar-refractivity contribution in [2.45, 2.75) is 39.2 Å². The lowest BCUT2D eigenvalue weighted by molar-refractivity contribution is -0.161. The van der Waals surface area contributed by atoms with Gasteiger partial charge in [-0.05, 0) is 12.8 Å². The second kappa shape index (κ2) is 4.11. The number of carbonyl (C=O) groups excluding carboxylic acids is 2. The molecule has 0 N–H and O–H groups in total. The Balaban J connectivity index is 4.28. The molecule has 64 valence electrons. The normalized spacial score (nSPS) is 10.8. The van der Waals surface area contributed by atoms with E-state index in [1.807, 2.05) is 13.8 Å². The van der Waals surface area contributed by atoms with E-state index in [2.05, 4.69) is 0 Å². The molecule has 0 rings (SSSR count). The Morgan fingerprint density at radius 1 is 1.45 bits per heavy atom. The number of rotatable bonds is 4. The average Bonchev–Trinajstić information content (AvgIpc) is 2.00. The summed E-state index contributed by atoms with van der Waals surface area (Å²) >= 11 is 0. The standard InChI is InChI=1S/C8H14O3/c1-4-8(5-2,6-9)11-7(3)10/h6H,4-5H2,1-3H3. The zero-order valence-corrected chi connectivity index (χ0v) is 7.22. The molecule has 0 amide bonds. The molecule has 0 aliphatic heterocycles. The molecule has 11 heavy (non-hydrogen) atoms. The summed E-state index contributed by atoms with van der Waals surface area (Å²) in [7, 11) is 0. The molecule has 0 saturated carbocycles. The van der Waals surface area contributed by atoms with E-state index in [1.54, 1.807) is 0 Å². The molecule has 0 spiro atoms. The maximum absolute atomic E-state index is 10.6. The van der Waals surface area contributed by atoms with Crippen molar-refractivity contribution in [1.82, 2.24) is 0 Å². The minimum atomic E-state index is -0.883. The molecule has 0 bridgehead atoms. The summed E-state index contributed by atoms with van der Waals surface area (Å²) in [4.78, 5) is 21.1. The van der Waals surface area contributed by atoms with E-state index < -0.39 is 11.6 Å². The third kappa shape index (κ3) is 2.70. The van der Waals surface area contributed by atoms with Crippen molar-refractivity contribution in [3.63, 3.8) is 0 Å². The van der Waals surface area contributed by atoms with E-state index in [0.29, 0.717) is 19.1 Å². The zero-order chi connectivity index (χ0) is 8.91. The first-order valence-corrected chi connectivity index (χ1v) is 3.76. The fourth-order valence-electron chi connectivity index (χ4n) is 0.871. The van der Waals surface area contributed by atoms with Gasteiger partial charge in [0.15, 0.2) is 11.9 Å². The van der Waals surface area contributed by atoms with Crippen LogP contribution in [0.15, 0.2) is 0 Å². The lowest BCUT2D eigenvalue weighted by Crippen LogP contribution is -2.34. The van der Waals surface area contributed by atoms with Crippen LogP contribution in [-0.4, -0.2) is 17.9 Å². The van der Waals surface area contributed by atoms with Crippen LogP contribution in [0.5, 0.6) is 0 Å². The van der Waals surface area contributed by atoms with E-state index in [-0.39, 0.29) is 0 Å². The van der Waals surface area contributed by atoms with Gasteiger partial charge in [0.1, 0.15) is 0 Å². The predicted molar refractivity (Wildman–Crippen MR) is 41.1 cm³/mol. The van der Waals surface area contributed by atoms with Crippen molar-refractivity contribution in [2.24, 2.45) is 0 Å². The van der Waals surface area contributed by atoms with Crippen molar-refractivity contribution >= 4 is 12.3 Å². The minimum absolute atomic E-state index is 0.402. The Bertz CT molecular complexity index is 147. The Morgan fingerprint density at radius 2 is 1.91 bits per heavy atom. The smallest absolute Gasteiger partial charge is 0.303 e. The molecule has 0 radical (unpaired) electrons. The fourth-order valence-corrected chi connectivity index (χ4v) is 0.871. The van der Waals surface area contributed by atoms with Crippen molar-refractivity contribution < 1.29 is 14.3 Å². The van der Waals surface area contributed by atoms with E-state index >= 15 is 0 Å². The topological polar surface area (TPSA) is 43.4 Å². The van der Waals surface area contributed by atoms with Gasteiger partial charge in [-0.1, -0.05) is 13.8 Å². The lowest BCUT2D eigenvalue weighted by atomic mass is 9.99. The summed E-state index contributed by atoms with van der Waals surface area (Å²) in [5, 5.41) is 0. The first-order chi connectivity index (χ1) is 5.10. The minimum Gasteiger partial charge on any atom is -0.452 e. The Labute approximate surface area is 66.7 Å². The second-order valence-corrected chi connectivity index (χ2v) is 2.48. The SMILES string of the molecule is CCC(C=O)(CC)OC(C)=O. The van der Waals surface area contributed by atoms with Crippen molar-refractivity contribution in [1.29, 1.82) is 0 Å². The van der Waals surface area contributed by atoms with Gasteiger partial charge in [0.05, 0.1) is 0 Å². The highest BCUT2D eigenvalue weighted by Gasteiger charge is 2.28. The summed E-state index contributed by atoms with van der Waals surface area (Å²) in [6, 6.07) is 0. The monoisotopic (exact) mass is 158 g/mol. The maximum atomic E-state index is 10.6. The summed E-state index contributed by atoms with van der Waals surface area (Å²) < 4.78 is 4.88. The largest absolute Gasteiger partial charge is 0.452 e. The average molecular weight is 158 g/mol. The molecule has 0 aromatic heterocycles. The number of ether oxygens (including phenoxy) is 1. The first kappa shape index (κ1) is 10.1. The van der Waals surface area contributed by atoms with Gasteiger partial charge in [0.2, 0.25) is 0 Å². The Morgan fingerprint density at radius 3 is 2.00 bits per heavy atom. The molecule has 0 unspecified atom stereocenters. The van der Waals surface area contributed by atoms with Gasteiger partial charge < -0.3 is 4.74 Å². The van der Waals surface area contributed by atoms with Crippen LogP contribution < -0.4 is 0 Å². The molecule has 0 aliphatic rings. The molecule has 0 aromatic rings. The number of hydrogen-bond acceptors (Lipinski definition) is 3. The number of hydrogen-bond donors (Lipinski definition) is 0. The summed E-state index contributed by atoms with van der Waals surface area (Å²) in [6.45, 7) is 4.95. The summed E-state index contributed by atoms with van der Waals surface area (Å²) in [6.07, 6.45) is 1.77. The van der Waals surface area contributed by atoms with Crippen LogP contribution in [0.2, 0.25) is 0 Å². The lowest BCUT2D eigenvalue weighted by Gasteiger charge is -2.23. The molecule has 3 nitrogen and oxygen atoms in total. The third-order valence-electron chi connectivity index (χ3n) is 1.76. The quantitative estimate of drug-likeness (QED) is 0.457. The Hall–Kier alpha value is -0.860. The molecule has 0 fully saturated rings. The van der Waals surface area contributed by atoms with Gasteiger partial charge in [-0.25, -0.2) is 0 Å². The predicted octanol–water partition coefficient (Wildman–Crippen LogP) is 1.31. The van der Waals surface area contributed by atoms with Gasteiger partial charge in [-0.3, -0.25) is 9.59 Å². The van der Waals surface area contributed by atoms with Crippen LogP contribution in [0.3, 0.4) is 0 Å². The number of esters is 1. The molecule has 0 atom stereocenters. The highest BCUT2D eigenvalue weighted by molar-refractivity contribution is 5.72. The van der Waals surface area contributed by atoms with E-state index in [1.165, 1.54) is 6.92 Å². The molecule has 3 heteroatoms. The summed E-state index contributed by atoms with van der Waals surface area (Å²) in [5.41, 5.74) is -0.883. The van der Waals surface area contributed by atoms with Crippen LogP contribution in [-0.2, 0) is 14.3 Å². The molecular weight excluding hydrogens is 144 g/mol. The van der Waals surface area contributed by atoms with Gasteiger partial charge in [-0.2, -0.15) is 0 Å². The van der Waals surface area contributed by atoms with Gasteiger partial charge in [0, 0.05) is 6.92 Å². The highest BCUT2D eigenvalue weighted by atomic mass is 16.6. The van der Waals surface area contributed by atoms with Crippen LogP contribution in [0.1, 0.15) is 33.6 Å². The molecular formula is C8H14O3. The molecule has 0 saturated heterocycles. The fraction of sp³-hybridized carbons (Fsp3) is 0.750. The number of aldehydes is 1. The zero-order valence-electron chi connectivity index (χ0n) is 7.22. The van der Waals surface area contributed by atoms with E-state index in [9.17, 15) is 9.59 Å². The third-order valence-corrected chi connectivity index (χ3v) is 1.76. The molecule has 0 aliphatic carbocycles. The van der Waals surface area contributed by atoms with Crippen LogP contribution in [0.25, 0.3) is 0 Å². The van der Waals surface area contributed by atoms with Gasteiger partial charge in [-0.15, -0.1) is 0 Å². The molecule has 0 aromatic carbocycles. The van der Waals surface area contributed by atoms with Crippen LogP contribution in [0, 0.1) is 0 Å². The first-order valence-electron chi connectivity index (χ1n) is 3.76. The van der Waals surface area contributed by atoms with Gasteiger partial charge >= 0.3 is 5.97 Å². The van der Waals surface area contributed by atoms with Crippen LogP contribution in [0.4, 0.5) is 0 Å². The summed E-state index contributed by atoms with van der Waals surface area (Å²) in [5.74, 6) is -0.402. The van der Waals surface area contributed by atoms with E-state index in [0.717, 1.165) is 0 Å². The van der Waals surface area contributed by atoms with Crippen molar-refractivity contribution in [3.8, 4) is 0 Å². The highest BCUT2D eigenvalue weighted by Crippen LogP contribution is 2.17. The number of carbonyl (C=O) groups is 2. The maximum Gasteiger partial charge on any atom is 0.303 e.